The summed E-state index contributed by atoms with van der Waals surface area (Å²) in [7, 11) is 0. The molecule has 0 fully saturated rings. The Bertz CT molecular complexity index is 480. The van der Waals surface area contributed by atoms with Gasteiger partial charge in [0.25, 0.3) is 0 Å². The topological polar surface area (TPSA) is 46.3 Å². The lowest BCUT2D eigenvalue weighted by molar-refractivity contribution is -0.136. The van der Waals surface area contributed by atoms with Gasteiger partial charge in [-0.2, -0.15) is 0 Å². The highest BCUT2D eigenvalue weighted by molar-refractivity contribution is 5.79. The zero-order chi connectivity index (χ0) is 14.7. The fraction of sp³-hybridized carbons (Fsp3) is 0.588. The number of rotatable bonds is 5. The van der Waals surface area contributed by atoms with Gasteiger partial charge in [-0.05, 0) is 36.0 Å². The molecule has 20 heavy (non-hydrogen) atoms. The molecule has 0 bridgehead atoms. The molecule has 1 heterocycles. The van der Waals surface area contributed by atoms with E-state index in [4.69, 9.17) is 5.73 Å². The SMILES string of the molecule is CCC(CC)C(=O)N1Cc2ccc(C(N)CC)cc2C1. The van der Waals surface area contributed by atoms with E-state index >= 15 is 0 Å². The van der Waals surface area contributed by atoms with Crippen molar-refractivity contribution in [3.8, 4) is 0 Å². The maximum absolute atomic E-state index is 12.5. The van der Waals surface area contributed by atoms with Crippen LogP contribution < -0.4 is 5.73 Å². The van der Waals surface area contributed by atoms with Crippen molar-refractivity contribution >= 4 is 5.91 Å². The molecule has 0 spiro atoms. The van der Waals surface area contributed by atoms with Gasteiger partial charge in [-0.1, -0.05) is 39.0 Å². The molecule has 110 valence electrons. The molecule has 1 aromatic carbocycles. The lowest BCUT2D eigenvalue weighted by atomic mass is 10.0. The molecule has 1 aliphatic heterocycles. The Morgan fingerprint density at radius 1 is 1.15 bits per heavy atom. The summed E-state index contributed by atoms with van der Waals surface area (Å²) in [6, 6.07) is 6.53. The third-order valence-electron chi connectivity index (χ3n) is 4.47. The number of fused-ring (bicyclic) bond motifs is 1. The van der Waals surface area contributed by atoms with Gasteiger partial charge in [0, 0.05) is 25.0 Å². The first-order valence-electron chi connectivity index (χ1n) is 7.76. The van der Waals surface area contributed by atoms with E-state index in [9.17, 15) is 4.79 Å². The first kappa shape index (κ1) is 15.0. The molecule has 1 aliphatic rings. The largest absolute Gasteiger partial charge is 0.334 e. The summed E-state index contributed by atoms with van der Waals surface area (Å²) in [6.07, 6.45) is 2.79. The van der Waals surface area contributed by atoms with Gasteiger partial charge in [0.15, 0.2) is 0 Å². The summed E-state index contributed by atoms with van der Waals surface area (Å²) < 4.78 is 0. The van der Waals surface area contributed by atoms with Crippen molar-refractivity contribution in [1.82, 2.24) is 4.90 Å². The Morgan fingerprint density at radius 2 is 1.80 bits per heavy atom. The minimum Gasteiger partial charge on any atom is -0.334 e. The van der Waals surface area contributed by atoms with Gasteiger partial charge in [0.2, 0.25) is 5.91 Å². The quantitative estimate of drug-likeness (QED) is 0.894. The number of carbonyl (C=O) groups is 1. The summed E-state index contributed by atoms with van der Waals surface area (Å²) in [5.41, 5.74) is 9.82. The maximum atomic E-state index is 12.5. The van der Waals surface area contributed by atoms with Crippen molar-refractivity contribution in [1.29, 1.82) is 0 Å². The van der Waals surface area contributed by atoms with Crippen LogP contribution >= 0.6 is 0 Å². The van der Waals surface area contributed by atoms with E-state index in [1.54, 1.807) is 0 Å². The molecule has 2 N–H and O–H groups in total. The van der Waals surface area contributed by atoms with Gasteiger partial charge in [-0.25, -0.2) is 0 Å². The number of nitrogens with zero attached hydrogens (tertiary/aromatic N) is 1. The Labute approximate surface area is 122 Å². The first-order chi connectivity index (χ1) is 9.60. The standard InChI is InChI=1S/C17H26N2O/c1-4-12(5-2)17(20)19-10-14-8-7-13(16(18)6-3)9-15(14)11-19/h7-9,12,16H,4-6,10-11,18H2,1-3H3. The lowest BCUT2D eigenvalue weighted by Gasteiger charge is -2.21. The zero-order valence-corrected chi connectivity index (χ0v) is 12.9. The van der Waals surface area contributed by atoms with Crippen molar-refractivity contribution in [2.24, 2.45) is 11.7 Å². The van der Waals surface area contributed by atoms with E-state index in [-0.39, 0.29) is 12.0 Å². The molecular formula is C17H26N2O. The molecule has 0 aliphatic carbocycles. The van der Waals surface area contributed by atoms with Crippen molar-refractivity contribution < 1.29 is 4.79 Å². The molecule has 1 unspecified atom stereocenters. The van der Waals surface area contributed by atoms with Gasteiger partial charge in [-0.15, -0.1) is 0 Å². The predicted octanol–water partition coefficient (Wildman–Crippen LogP) is 3.37. The van der Waals surface area contributed by atoms with Crippen LogP contribution in [0.1, 0.15) is 62.8 Å². The smallest absolute Gasteiger partial charge is 0.226 e. The number of amides is 1. The van der Waals surface area contributed by atoms with Gasteiger partial charge >= 0.3 is 0 Å². The van der Waals surface area contributed by atoms with Gasteiger partial charge in [0.05, 0.1) is 0 Å². The van der Waals surface area contributed by atoms with Crippen LogP contribution in [0, 0.1) is 5.92 Å². The summed E-state index contributed by atoms with van der Waals surface area (Å²) in [4.78, 5) is 14.4. The molecule has 3 heteroatoms. The molecule has 0 saturated carbocycles. The van der Waals surface area contributed by atoms with Crippen molar-refractivity contribution in [2.45, 2.75) is 59.2 Å². The maximum Gasteiger partial charge on any atom is 0.226 e. The molecule has 1 atom stereocenters. The van der Waals surface area contributed by atoms with E-state index in [1.165, 1.54) is 16.7 Å². The Morgan fingerprint density at radius 3 is 2.40 bits per heavy atom. The van der Waals surface area contributed by atoms with Gasteiger partial charge < -0.3 is 10.6 Å². The molecule has 0 aromatic heterocycles. The highest BCUT2D eigenvalue weighted by atomic mass is 16.2. The van der Waals surface area contributed by atoms with E-state index in [1.807, 2.05) is 4.90 Å². The van der Waals surface area contributed by atoms with Gasteiger partial charge in [0.1, 0.15) is 0 Å². The second-order valence-corrected chi connectivity index (χ2v) is 5.75. The van der Waals surface area contributed by atoms with E-state index in [2.05, 4.69) is 39.0 Å². The van der Waals surface area contributed by atoms with Crippen LogP contribution in [0.2, 0.25) is 0 Å². The third-order valence-corrected chi connectivity index (χ3v) is 4.47. The number of benzene rings is 1. The number of carbonyl (C=O) groups excluding carboxylic acids is 1. The van der Waals surface area contributed by atoms with E-state index in [0.29, 0.717) is 5.91 Å². The fourth-order valence-electron chi connectivity index (χ4n) is 2.93. The van der Waals surface area contributed by atoms with Crippen LogP contribution in [-0.4, -0.2) is 10.8 Å². The first-order valence-corrected chi connectivity index (χ1v) is 7.76. The Hall–Kier alpha value is -1.35. The van der Waals surface area contributed by atoms with Crippen LogP contribution in [0.25, 0.3) is 0 Å². The lowest BCUT2D eigenvalue weighted by Crippen LogP contribution is -2.31. The second kappa shape index (κ2) is 6.40. The predicted molar refractivity (Wildman–Crippen MR) is 82.0 cm³/mol. The van der Waals surface area contributed by atoms with Crippen LogP contribution in [0.5, 0.6) is 0 Å². The highest BCUT2D eigenvalue weighted by Crippen LogP contribution is 2.28. The Balaban J connectivity index is 2.13. The molecule has 2 rings (SSSR count). The van der Waals surface area contributed by atoms with Crippen molar-refractivity contribution in [3.63, 3.8) is 0 Å². The minimum atomic E-state index is 0.101. The van der Waals surface area contributed by atoms with Crippen LogP contribution in [0.3, 0.4) is 0 Å². The average Bonchev–Trinajstić information content (AvgIpc) is 2.90. The van der Waals surface area contributed by atoms with Crippen LogP contribution in [-0.2, 0) is 17.9 Å². The number of hydrogen-bond acceptors (Lipinski definition) is 2. The molecule has 1 aromatic rings. The second-order valence-electron chi connectivity index (χ2n) is 5.75. The minimum absolute atomic E-state index is 0.101. The monoisotopic (exact) mass is 274 g/mol. The summed E-state index contributed by atoms with van der Waals surface area (Å²) in [6.45, 7) is 7.78. The molecule has 0 radical (unpaired) electrons. The zero-order valence-electron chi connectivity index (χ0n) is 12.9. The average molecular weight is 274 g/mol. The molecule has 1 amide bonds. The van der Waals surface area contributed by atoms with Crippen LogP contribution in [0.4, 0.5) is 0 Å². The van der Waals surface area contributed by atoms with Crippen molar-refractivity contribution in [3.05, 3.63) is 34.9 Å². The summed E-state index contributed by atoms with van der Waals surface area (Å²) in [5, 5.41) is 0. The third kappa shape index (κ3) is 2.88. The van der Waals surface area contributed by atoms with Crippen molar-refractivity contribution in [2.75, 3.05) is 0 Å². The summed E-state index contributed by atoms with van der Waals surface area (Å²) in [5.74, 6) is 0.467. The number of hydrogen-bond donors (Lipinski definition) is 1. The fourth-order valence-corrected chi connectivity index (χ4v) is 2.93. The van der Waals surface area contributed by atoms with Crippen LogP contribution in [0.15, 0.2) is 18.2 Å². The summed E-state index contributed by atoms with van der Waals surface area (Å²) >= 11 is 0. The number of nitrogens with two attached hydrogens (primary N) is 1. The van der Waals surface area contributed by atoms with E-state index in [0.717, 1.165) is 32.4 Å². The Kier molecular flexibility index (Phi) is 4.81. The van der Waals surface area contributed by atoms with Gasteiger partial charge in [-0.3, -0.25) is 4.79 Å². The molecule has 0 saturated heterocycles. The molecule has 3 nitrogen and oxygen atoms in total. The van der Waals surface area contributed by atoms with E-state index < -0.39 is 0 Å². The normalized spacial score (nSPS) is 15.6. The molecular weight excluding hydrogens is 248 g/mol. The highest BCUT2D eigenvalue weighted by Gasteiger charge is 2.27.